The average Bonchev–Trinajstić information content (AvgIpc) is 3.12. The molecule has 162 valence electrons. The number of carboxylic acid groups (broad SMARTS) is 1. The molecule has 0 unspecified atom stereocenters. The van der Waals surface area contributed by atoms with Crippen molar-refractivity contribution in [1.29, 1.82) is 0 Å². The van der Waals surface area contributed by atoms with E-state index in [-0.39, 0.29) is 17.9 Å². The summed E-state index contributed by atoms with van der Waals surface area (Å²) in [7, 11) is 0. The predicted molar refractivity (Wildman–Crippen MR) is 100 cm³/mol. The number of rotatable bonds is 5. The van der Waals surface area contributed by atoms with E-state index in [2.05, 4.69) is 27.7 Å². The van der Waals surface area contributed by atoms with Gasteiger partial charge in [0, 0.05) is 43.6 Å². The number of thiophene rings is 1. The fourth-order valence-corrected chi connectivity index (χ4v) is 4.53. The third-order valence-electron chi connectivity index (χ3n) is 5.47. The molecule has 2 aliphatic heterocycles. The smallest absolute Gasteiger partial charge is 0.475 e. The number of aliphatic carboxylic acids is 1. The topological polar surface area (TPSA) is 78.9 Å². The van der Waals surface area contributed by atoms with Crippen molar-refractivity contribution in [3.8, 4) is 0 Å². The van der Waals surface area contributed by atoms with Gasteiger partial charge >= 0.3 is 12.1 Å². The van der Waals surface area contributed by atoms with E-state index in [4.69, 9.17) is 14.6 Å². The van der Waals surface area contributed by atoms with Crippen LogP contribution in [-0.2, 0) is 20.9 Å². The lowest BCUT2D eigenvalue weighted by Gasteiger charge is -2.39. The molecule has 1 aliphatic carbocycles. The third-order valence-corrected chi connectivity index (χ3v) is 6.33. The highest BCUT2D eigenvalue weighted by Crippen LogP contribution is 2.35. The van der Waals surface area contributed by atoms with Crippen molar-refractivity contribution in [3.63, 3.8) is 0 Å². The van der Waals surface area contributed by atoms with Gasteiger partial charge in [-0.1, -0.05) is 6.07 Å². The van der Waals surface area contributed by atoms with Gasteiger partial charge in [-0.05, 0) is 36.6 Å². The first-order chi connectivity index (χ1) is 13.7. The number of likely N-dealkylation sites (tertiary alicyclic amines) is 1. The van der Waals surface area contributed by atoms with Crippen LogP contribution >= 0.6 is 11.3 Å². The van der Waals surface area contributed by atoms with Crippen LogP contribution < -0.4 is 5.32 Å². The van der Waals surface area contributed by atoms with E-state index in [0.717, 1.165) is 45.1 Å². The molecule has 0 aromatic carbocycles. The zero-order chi connectivity index (χ0) is 21.0. The molecule has 1 saturated carbocycles. The van der Waals surface area contributed by atoms with Gasteiger partial charge in [-0.3, -0.25) is 9.69 Å². The summed E-state index contributed by atoms with van der Waals surface area (Å²) in [4.78, 5) is 25.3. The van der Waals surface area contributed by atoms with E-state index in [1.807, 2.05) is 0 Å². The molecule has 3 heterocycles. The van der Waals surface area contributed by atoms with Crippen LogP contribution in [0.15, 0.2) is 17.5 Å². The second kappa shape index (κ2) is 9.44. The number of carbonyl (C=O) groups is 2. The number of hydrogen-bond acceptors (Lipinski definition) is 5. The molecular weight excluding hydrogens is 409 g/mol. The number of nitrogens with one attached hydrogen (secondary N) is 1. The minimum atomic E-state index is -5.08. The van der Waals surface area contributed by atoms with E-state index < -0.39 is 12.1 Å². The van der Waals surface area contributed by atoms with E-state index in [0.29, 0.717) is 5.92 Å². The van der Waals surface area contributed by atoms with Gasteiger partial charge in [0.05, 0.1) is 12.0 Å². The van der Waals surface area contributed by atoms with E-state index in [9.17, 15) is 18.0 Å². The number of ether oxygens (including phenoxy) is 1. The Morgan fingerprint density at radius 3 is 2.59 bits per heavy atom. The van der Waals surface area contributed by atoms with Crippen LogP contribution in [0.3, 0.4) is 0 Å². The predicted octanol–water partition coefficient (Wildman–Crippen LogP) is 2.74. The van der Waals surface area contributed by atoms with Crippen LogP contribution in [0.1, 0.15) is 24.1 Å². The van der Waals surface area contributed by atoms with Gasteiger partial charge in [-0.15, -0.1) is 11.3 Å². The third kappa shape index (κ3) is 6.42. The Labute approximate surface area is 171 Å². The molecule has 1 amide bonds. The Hall–Kier alpha value is -1.65. The van der Waals surface area contributed by atoms with Crippen molar-refractivity contribution in [2.24, 2.45) is 17.8 Å². The number of amides is 1. The number of nitrogens with zero attached hydrogens (tertiary/aromatic N) is 1. The van der Waals surface area contributed by atoms with Gasteiger partial charge in [0.15, 0.2) is 0 Å². The molecule has 3 aliphatic rings. The normalized spacial score (nSPS) is 26.9. The average molecular weight is 434 g/mol. The van der Waals surface area contributed by atoms with Crippen molar-refractivity contribution in [2.75, 3.05) is 26.2 Å². The van der Waals surface area contributed by atoms with Gasteiger partial charge in [-0.25, -0.2) is 4.79 Å². The number of carboxylic acids is 1. The van der Waals surface area contributed by atoms with Crippen molar-refractivity contribution in [1.82, 2.24) is 10.2 Å². The van der Waals surface area contributed by atoms with Crippen molar-refractivity contribution in [3.05, 3.63) is 22.4 Å². The summed E-state index contributed by atoms with van der Waals surface area (Å²) in [6.07, 6.45) is -1.24. The first-order valence-electron chi connectivity index (χ1n) is 9.68. The molecule has 4 rings (SSSR count). The zero-order valence-corrected chi connectivity index (χ0v) is 16.7. The van der Waals surface area contributed by atoms with Crippen LogP contribution in [0.25, 0.3) is 0 Å². The Morgan fingerprint density at radius 1 is 1.28 bits per heavy atom. The summed E-state index contributed by atoms with van der Waals surface area (Å²) >= 11 is 1.79. The fraction of sp³-hybridized carbons (Fsp3) is 0.684. The van der Waals surface area contributed by atoms with Crippen molar-refractivity contribution >= 4 is 23.2 Å². The molecule has 1 aromatic rings. The first kappa shape index (κ1) is 22.0. The summed E-state index contributed by atoms with van der Waals surface area (Å²) in [6, 6.07) is 4.27. The van der Waals surface area contributed by atoms with E-state index >= 15 is 0 Å². The molecule has 6 nitrogen and oxygen atoms in total. The molecule has 1 aromatic heterocycles. The SMILES string of the molecule is O=C(NCC1CC1)[C@H]1CN(Cc2cccs2)C[C@H]2OCC[C@@H]12.O=C(O)C(F)(F)F. The second-order valence-electron chi connectivity index (χ2n) is 7.73. The Morgan fingerprint density at radius 2 is 2.00 bits per heavy atom. The number of alkyl halides is 3. The Kier molecular flexibility index (Phi) is 7.18. The fourth-order valence-electron chi connectivity index (χ4n) is 3.78. The molecule has 3 atom stereocenters. The molecule has 2 N–H and O–H groups in total. The van der Waals surface area contributed by atoms with Gasteiger partial charge in [0.25, 0.3) is 0 Å². The number of hydrogen-bond donors (Lipinski definition) is 2. The summed E-state index contributed by atoms with van der Waals surface area (Å²) in [5.41, 5.74) is 0. The number of fused-ring (bicyclic) bond motifs is 1. The maximum Gasteiger partial charge on any atom is 0.490 e. The highest BCUT2D eigenvalue weighted by molar-refractivity contribution is 7.09. The first-order valence-corrected chi connectivity index (χ1v) is 10.6. The summed E-state index contributed by atoms with van der Waals surface area (Å²) in [5.74, 6) is -1.25. The van der Waals surface area contributed by atoms with Gasteiger partial charge < -0.3 is 15.2 Å². The molecule has 0 spiro atoms. The molecule has 29 heavy (non-hydrogen) atoms. The molecule has 10 heteroatoms. The number of carbonyl (C=O) groups excluding carboxylic acids is 1. The largest absolute Gasteiger partial charge is 0.490 e. The monoisotopic (exact) mass is 434 g/mol. The minimum Gasteiger partial charge on any atom is -0.475 e. The van der Waals surface area contributed by atoms with E-state index in [1.54, 1.807) is 11.3 Å². The van der Waals surface area contributed by atoms with Crippen LogP contribution in [0.2, 0.25) is 0 Å². The van der Waals surface area contributed by atoms with Crippen molar-refractivity contribution < 1.29 is 32.6 Å². The standard InChI is InChI=1S/C17H24N2O2S.C2HF3O2/c20-17(18-8-12-3-4-12)15-10-19(9-13-2-1-7-22-13)11-16-14(15)5-6-21-16;3-2(4,5)1(6)7/h1-2,7,12,14-16H,3-6,8-11H2,(H,18,20);(H,6,7)/t14-,15-,16+;/m0./s1. The summed E-state index contributed by atoms with van der Waals surface area (Å²) in [6.45, 7) is 4.47. The molecule has 0 radical (unpaired) electrons. The molecule has 2 saturated heterocycles. The highest BCUT2D eigenvalue weighted by atomic mass is 32.1. The molecular formula is C19H25F3N2O4S. The molecule has 3 fully saturated rings. The lowest BCUT2D eigenvalue weighted by Crippen LogP contribution is -2.52. The quantitative estimate of drug-likeness (QED) is 0.745. The maximum atomic E-state index is 12.6. The minimum absolute atomic E-state index is 0.0972. The number of piperidine rings is 1. The Bertz CT molecular complexity index is 694. The lowest BCUT2D eigenvalue weighted by molar-refractivity contribution is -0.192. The van der Waals surface area contributed by atoms with Gasteiger partial charge in [0.2, 0.25) is 5.91 Å². The van der Waals surface area contributed by atoms with E-state index in [1.165, 1.54) is 17.7 Å². The summed E-state index contributed by atoms with van der Waals surface area (Å²) in [5, 5.41) is 12.4. The zero-order valence-electron chi connectivity index (χ0n) is 15.9. The highest BCUT2D eigenvalue weighted by Gasteiger charge is 2.44. The van der Waals surface area contributed by atoms with Crippen LogP contribution in [0.4, 0.5) is 13.2 Å². The lowest BCUT2D eigenvalue weighted by atomic mass is 9.82. The van der Waals surface area contributed by atoms with Crippen molar-refractivity contribution in [2.45, 2.75) is 38.1 Å². The van der Waals surface area contributed by atoms with Crippen LogP contribution in [-0.4, -0.2) is 60.4 Å². The second-order valence-corrected chi connectivity index (χ2v) is 8.77. The molecule has 0 bridgehead atoms. The number of halogens is 3. The van der Waals surface area contributed by atoms with Crippen LogP contribution in [0, 0.1) is 17.8 Å². The summed E-state index contributed by atoms with van der Waals surface area (Å²) < 4.78 is 37.6. The maximum absolute atomic E-state index is 12.6. The van der Waals surface area contributed by atoms with Gasteiger partial charge in [0.1, 0.15) is 0 Å². The van der Waals surface area contributed by atoms with Gasteiger partial charge in [-0.2, -0.15) is 13.2 Å². The van der Waals surface area contributed by atoms with Crippen LogP contribution in [0.5, 0.6) is 0 Å². The Balaban J connectivity index is 0.000000298.